The van der Waals surface area contributed by atoms with Crippen molar-refractivity contribution in [2.45, 2.75) is 95.2 Å². The van der Waals surface area contributed by atoms with Crippen LogP contribution in [0.1, 0.15) is 77.0 Å². The van der Waals surface area contributed by atoms with E-state index < -0.39 is 12.1 Å². The summed E-state index contributed by atoms with van der Waals surface area (Å²) in [5.41, 5.74) is 5.80. The number of rotatable bonds is 10. The van der Waals surface area contributed by atoms with E-state index in [1.165, 1.54) is 0 Å². The maximum Gasteiger partial charge on any atom is 0.408 e. The Bertz CT molecular complexity index is 539. The van der Waals surface area contributed by atoms with Crippen molar-refractivity contribution in [3.05, 3.63) is 12.2 Å². The van der Waals surface area contributed by atoms with Crippen LogP contribution in [-0.4, -0.2) is 48.2 Å². The zero-order valence-corrected chi connectivity index (χ0v) is 17.1. The lowest BCUT2D eigenvalue weighted by atomic mass is 10.1. The quantitative estimate of drug-likeness (QED) is 0.441. The number of ether oxygens (including phenoxy) is 1. The number of amides is 2. The predicted octanol–water partition coefficient (Wildman–Crippen LogP) is 3.50. The van der Waals surface area contributed by atoms with Gasteiger partial charge >= 0.3 is 6.09 Å². The van der Waals surface area contributed by atoms with Gasteiger partial charge in [0.25, 0.3) is 0 Å². The number of likely N-dealkylation sites (tertiary alicyclic amines) is 1. The molecule has 3 aliphatic rings. The fraction of sp³-hybridized carbons (Fsp3) is 0.818. The molecule has 3 N–H and O–H groups in total. The lowest BCUT2D eigenvalue weighted by molar-refractivity contribution is -0.132. The van der Waals surface area contributed by atoms with Crippen molar-refractivity contribution in [2.24, 2.45) is 11.7 Å². The van der Waals surface area contributed by atoms with E-state index in [9.17, 15) is 9.59 Å². The first kappa shape index (κ1) is 21.2. The number of allylic oxidation sites excluding steroid dienone is 1. The molecule has 3 atom stereocenters. The van der Waals surface area contributed by atoms with Crippen molar-refractivity contribution in [2.75, 3.05) is 13.1 Å². The minimum atomic E-state index is -0.452. The number of unbranched alkanes of at least 4 members (excludes halogenated alkanes) is 3. The fourth-order valence-corrected chi connectivity index (χ4v) is 4.26. The zero-order valence-electron chi connectivity index (χ0n) is 17.1. The molecular formula is C22H37N3O3. The molecule has 0 radical (unpaired) electrons. The summed E-state index contributed by atoms with van der Waals surface area (Å²) in [4.78, 5) is 27.0. The number of alkyl carbamates (subject to hydrolysis) is 1. The Morgan fingerprint density at radius 2 is 1.82 bits per heavy atom. The van der Waals surface area contributed by atoms with Gasteiger partial charge in [0, 0.05) is 19.1 Å². The third-order valence-corrected chi connectivity index (χ3v) is 6.22. The second kappa shape index (κ2) is 10.8. The largest absolute Gasteiger partial charge is 0.446 e. The first-order valence-corrected chi connectivity index (χ1v) is 11.3. The van der Waals surface area contributed by atoms with E-state index in [1.807, 2.05) is 4.90 Å². The van der Waals surface area contributed by atoms with Gasteiger partial charge in [-0.3, -0.25) is 4.79 Å². The number of hydrogen-bond donors (Lipinski definition) is 2. The van der Waals surface area contributed by atoms with Crippen LogP contribution in [0.25, 0.3) is 0 Å². The number of nitrogens with zero attached hydrogens (tertiary/aromatic N) is 1. The highest BCUT2D eigenvalue weighted by Gasteiger charge is 2.30. The van der Waals surface area contributed by atoms with Crippen molar-refractivity contribution in [3.8, 4) is 0 Å². The highest BCUT2D eigenvalue weighted by Crippen LogP contribution is 2.29. The highest BCUT2D eigenvalue weighted by molar-refractivity contribution is 5.85. The van der Waals surface area contributed by atoms with Crippen LogP contribution in [0.4, 0.5) is 4.79 Å². The van der Waals surface area contributed by atoms with Crippen molar-refractivity contribution < 1.29 is 14.3 Å². The third kappa shape index (κ3) is 6.80. The van der Waals surface area contributed by atoms with Gasteiger partial charge in [-0.25, -0.2) is 4.79 Å². The van der Waals surface area contributed by atoms with E-state index in [-0.39, 0.29) is 12.0 Å². The molecule has 0 aromatic rings. The first-order valence-electron chi connectivity index (χ1n) is 11.3. The lowest BCUT2D eigenvalue weighted by Gasteiger charge is -2.24. The standard InChI is InChI=1S/C22H37N3O3/c23-19-16-17(19)10-4-2-1-3-5-13-20(21(26)25-14-8-9-15-25)24-22(27)28-18-11-6-7-12-18/h4,10,17-20H,1-3,5-9,11-16,23H2,(H,24,27)/b10-4-/t17?,19-,20?/m1/s1. The molecule has 3 fully saturated rings. The molecule has 28 heavy (non-hydrogen) atoms. The predicted molar refractivity (Wildman–Crippen MR) is 110 cm³/mol. The van der Waals surface area contributed by atoms with Crippen LogP contribution >= 0.6 is 0 Å². The summed E-state index contributed by atoms with van der Waals surface area (Å²) in [5, 5.41) is 2.87. The Kier molecular flexibility index (Phi) is 8.19. The maximum absolute atomic E-state index is 12.8. The molecule has 0 aromatic heterocycles. The fourth-order valence-electron chi connectivity index (χ4n) is 4.26. The molecule has 2 unspecified atom stereocenters. The molecule has 1 heterocycles. The van der Waals surface area contributed by atoms with Crippen LogP contribution < -0.4 is 11.1 Å². The number of carbonyl (C=O) groups is 2. The molecule has 2 amide bonds. The molecule has 0 bridgehead atoms. The second-order valence-electron chi connectivity index (χ2n) is 8.67. The minimum absolute atomic E-state index is 0.0221. The Balaban J connectivity index is 1.38. The molecule has 2 saturated carbocycles. The Morgan fingerprint density at radius 1 is 1.11 bits per heavy atom. The first-order chi connectivity index (χ1) is 13.6. The van der Waals surface area contributed by atoms with Crippen LogP contribution in [0.15, 0.2) is 12.2 Å². The lowest BCUT2D eigenvalue weighted by Crippen LogP contribution is -2.48. The summed E-state index contributed by atoms with van der Waals surface area (Å²) in [6.07, 6.45) is 16.3. The molecular weight excluding hydrogens is 354 g/mol. The summed E-state index contributed by atoms with van der Waals surface area (Å²) in [6, 6.07) is -0.0734. The van der Waals surface area contributed by atoms with Gasteiger partial charge in [-0.15, -0.1) is 0 Å². The summed E-state index contributed by atoms with van der Waals surface area (Å²) in [7, 11) is 0. The summed E-state index contributed by atoms with van der Waals surface area (Å²) < 4.78 is 5.51. The number of hydrogen-bond acceptors (Lipinski definition) is 4. The topological polar surface area (TPSA) is 84.7 Å². The summed E-state index contributed by atoms with van der Waals surface area (Å²) >= 11 is 0. The Hall–Kier alpha value is -1.56. The number of nitrogens with two attached hydrogens (primary N) is 1. The summed E-state index contributed by atoms with van der Waals surface area (Å²) in [5.74, 6) is 0.654. The number of nitrogens with one attached hydrogen (secondary N) is 1. The minimum Gasteiger partial charge on any atom is -0.446 e. The van der Waals surface area contributed by atoms with E-state index >= 15 is 0 Å². The zero-order chi connectivity index (χ0) is 19.8. The second-order valence-corrected chi connectivity index (χ2v) is 8.67. The van der Waals surface area contributed by atoms with E-state index in [2.05, 4.69) is 17.5 Å². The van der Waals surface area contributed by atoms with Crippen molar-refractivity contribution >= 4 is 12.0 Å². The van der Waals surface area contributed by atoms with Crippen molar-refractivity contribution in [1.29, 1.82) is 0 Å². The highest BCUT2D eigenvalue weighted by atomic mass is 16.6. The van der Waals surface area contributed by atoms with Crippen molar-refractivity contribution in [3.63, 3.8) is 0 Å². The maximum atomic E-state index is 12.8. The van der Waals surface area contributed by atoms with Gasteiger partial charge in [0.15, 0.2) is 0 Å². The van der Waals surface area contributed by atoms with Gasteiger partial charge in [0.1, 0.15) is 12.1 Å². The Labute approximate surface area is 169 Å². The molecule has 158 valence electrons. The van der Waals surface area contributed by atoms with Gasteiger partial charge in [0.2, 0.25) is 5.91 Å². The molecule has 0 spiro atoms. The molecule has 6 heteroatoms. The van der Waals surface area contributed by atoms with Crippen LogP contribution in [0.5, 0.6) is 0 Å². The smallest absolute Gasteiger partial charge is 0.408 e. The van der Waals surface area contributed by atoms with Gasteiger partial charge in [-0.05, 0) is 70.1 Å². The van der Waals surface area contributed by atoms with Gasteiger partial charge < -0.3 is 20.7 Å². The molecule has 1 aliphatic heterocycles. The van der Waals surface area contributed by atoms with Gasteiger partial charge in [0.05, 0.1) is 0 Å². The van der Waals surface area contributed by atoms with Crippen LogP contribution in [0.3, 0.4) is 0 Å². The molecule has 1 saturated heterocycles. The SMILES string of the molecule is N[C@@H]1CC1/C=C\CCCCCC(NC(=O)OC1CCCC1)C(=O)N1CCCC1. The van der Waals surface area contributed by atoms with Crippen LogP contribution in [0, 0.1) is 5.92 Å². The number of carbonyl (C=O) groups excluding carboxylic acids is 2. The molecule has 2 aliphatic carbocycles. The monoisotopic (exact) mass is 391 g/mol. The van der Waals surface area contributed by atoms with Crippen molar-refractivity contribution in [1.82, 2.24) is 10.2 Å². The van der Waals surface area contributed by atoms with E-state index in [0.29, 0.717) is 18.4 Å². The average Bonchev–Trinajstić information content (AvgIpc) is 3.13. The molecule has 0 aromatic carbocycles. The van der Waals surface area contributed by atoms with E-state index in [1.54, 1.807) is 0 Å². The van der Waals surface area contributed by atoms with E-state index in [4.69, 9.17) is 10.5 Å². The molecule has 6 nitrogen and oxygen atoms in total. The van der Waals surface area contributed by atoms with Gasteiger partial charge in [-0.1, -0.05) is 25.0 Å². The van der Waals surface area contributed by atoms with Crippen LogP contribution in [0.2, 0.25) is 0 Å². The molecule has 3 rings (SSSR count). The van der Waals surface area contributed by atoms with Crippen LogP contribution in [-0.2, 0) is 9.53 Å². The average molecular weight is 392 g/mol. The third-order valence-electron chi connectivity index (χ3n) is 6.22. The summed E-state index contributed by atoms with van der Waals surface area (Å²) in [6.45, 7) is 1.62. The Morgan fingerprint density at radius 3 is 2.50 bits per heavy atom. The van der Waals surface area contributed by atoms with Gasteiger partial charge in [-0.2, -0.15) is 0 Å². The normalized spacial score (nSPS) is 26.0. The van der Waals surface area contributed by atoms with E-state index in [0.717, 1.165) is 83.7 Å².